The van der Waals surface area contributed by atoms with Gasteiger partial charge < -0.3 is 10.3 Å². The minimum Gasteiger partial charge on any atom is -0.307 e. The summed E-state index contributed by atoms with van der Waals surface area (Å²) in [6.45, 7) is 4.34. The van der Waals surface area contributed by atoms with Crippen molar-refractivity contribution in [3.63, 3.8) is 0 Å². The second kappa shape index (κ2) is 13.6. The zero-order valence-corrected chi connectivity index (χ0v) is 28.1. The van der Waals surface area contributed by atoms with Crippen LogP contribution in [0.25, 0.3) is 59.1 Å². The molecule has 0 saturated carbocycles. The molecular weight excluding hydrogens is 627 g/mol. The maximum Gasteiger partial charge on any atom is 0.0990 e. The maximum atomic E-state index is 8.70. The molecule has 0 atom stereocenters. The smallest absolute Gasteiger partial charge is 0.0990 e. The first kappa shape index (κ1) is 30.9. The van der Waals surface area contributed by atoms with Gasteiger partial charge in [0.25, 0.3) is 0 Å². The summed E-state index contributed by atoms with van der Waals surface area (Å²) in [5.41, 5.74) is 11.2. The van der Waals surface area contributed by atoms with E-state index < -0.39 is 0 Å². The van der Waals surface area contributed by atoms with Crippen molar-refractivity contribution < 1.29 is 0 Å². The van der Waals surface area contributed by atoms with Gasteiger partial charge in [-0.15, -0.1) is 11.3 Å². The van der Waals surface area contributed by atoms with E-state index in [1.54, 1.807) is 18.6 Å². The molecule has 8 rings (SSSR count). The van der Waals surface area contributed by atoms with Crippen LogP contribution in [0.1, 0.15) is 11.1 Å². The van der Waals surface area contributed by atoms with Gasteiger partial charge in [0.05, 0.1) is 17.7 Å². The normalized spacial score (nSPS) is 14.2. The fraction of sp³-hybridized carbons (Fsp3) is 0. The predicted octanol–water partition coefficient (Wildman–Crippen LogP) is 12.6. The maximum absolute atomic E-state index is 8.70. The van der Waals surface area contributed by atoms with E-state index in [9.17, 15) is 0 Å². The molecule has 1 aliphatic rings. The van der Waals surface area contributed by atoms with E-state index >= 15 is 0 Å². The zero-order chi connectivity index (χ0) is 33.9. The highest BCUT2D eigenvalue weighted by atomic mass is 32.1. The number of anilines is 1. The van der Waals surface area contributed by atoms with Crippen molar-refractivity contribution in [2.45, 2.75) is 0 Å². The van der Waals surface area contributed by atoms with E-state index in [0.29, 0.717) is 5.71 Å². The number of nitrogens with one attached hydrogen (secondary N) is 1. The number of allylic oxidation sites excluding steroid dienone is 5. The van der Waals surface area contributed by atoms with Gasteiger partial charge >= 0.3 is 0 Å². The Morgan fingerprint density at radius 1 is 0.640 bits per heavy atom. The molecule has 0 bridgehead atoms. The predicted molar refractivity (Wildman–Crippen MR) is 216 cm³/mol. The summed E-state index contributed by atoms with van der Waals surface area (Å²) in [5, 5.41) is 11.3. The van der Waals surface area contributed by atoms with E-state index in [4.69, 9.17) is 5.41 Å². The van der Waals surface area contributed by atoms with Crippen LogP contribution in [-0.2, 0) is 0 Å². The van der Waals surface area contributed by atoms with E-state index in [-0.39, 0.29) is 0 Å². The second-order valence-electron chi connectivity index (χ2n) is 12.2. The number of rotatable bonds is 7. The van der Waals surface area contributed by atoms with Crippen LogP contribution >= 0.6 is 11.3 Å². The Labute approximate surface area is 296 Å². The van der Waals surface area contributed by atoms with Gasteiger partial charge in [-0.2, -0.15) is 0 Å². The number of aliphatic imine (C=N–C) groups is 1. The van der Waals surface area contributed by atoms with Crippen LogP contribution < -0.4 is 4.90 Å². The minimum atomic E-state index is 0.394. The van der Waals surface area contributed by atoms with Gasteiger partial charge in [0.1, 0.15) is 0 Å². The second-order valence-corrected chi connectivity index (χ2v) is 13.2. The molecule has 0 fully saturated rings. The molecule has 6 aromatic carbocycles. The van der Waals surface area contributed by atoms with Crippen molar-refractivity contribution in [2.24, 2.45) is 4.99 Å². The van der Waals surface area contributed by atoms with E-state index in [1.165, 1.54) is 36.9 Å². The molecule has 0 spiro atoms. The van der Waals surface area contributed by atoms with Crippen LogP contribution in [0.3, 0.4) is 0 Å². The van der Waals surface area contributed by atoms with Crippen molar-refractivity contribution >= 4 is 54.8 Å². The number of fused-ring (bicyclic) bond motifs is 4. The molecule has 50 heavy (non-hydrogen) atoms. The molecule has 1 N–H and O–H groups in total. The highest BCUT2D eigenvalue weighted by Gasteiger charge is 2.15. The van der Waals surface area contributed by atoms with Gasteiger partial charge in [0, 0.05) is 38.1 Å². The summed E-state index contributed by atoms with van der Waals surface area (Å²) in [7, 11) is 0. The van der Waals surface area contributed by atoms with E-state index in [2.05, 4.69) is 133 Å². The molecule has 0 radical (unpaired) electrons. The molecule has 0 unspecified atom stereocenters. The lowest BCUT2D eigenvalue weighted by Crippen LogP contribution is -2.15. The molecule has 0 saturated heterocycles. The molecule has 0 amide bonds. The highest BCUT2D eigenvalue weighted by molar-refractivity contribution is 7.26. The van der Waals surface area contributed by atoms with Crippen LogP contribution in [0, 0.1) is 5.41 Å². The summed E-state index contributed by atoms with van der Waals surface area (Å²) in [6, 6.07) is 48.8. The van der Waals surface area contributed by atoms with Gasteiger partial charge in [-0.05, 0) is 74.9 Å². The molecule has 238 valence electrons. The summed E-state index contributed by atoms with van der Waals surface area (Å²) < 4.78 is 2.57. The van der Waals surface area contributed by atoms with Gasteiger partial charge in [0.15, 0.2) is 0 Å². The molecule has 2 heterocycles. The average Bonchev–Trinajstić information content (AvgIpc) is 3.56. The molecule has 4 heteroatoms. The standard InChI is InChI=1S/C46H33N3S/c1-32-11-7-8-28-49(44-30-38(24-25-39(32)44)40-17-10-18-42-41-16-5-6-19-45(41)50-46(40)42)31-48-27-26-43(47)35-22-20-34(21-23-35)37-15-9-14-36(29-37)33-12-3-2-4-13-33/h2-31,47H,1H2/b11-7-,27-26-,28-8-,47-43?,48-31?. The number of hydrogen-bond donors (Lipinski definition) is 1. The lowest BCUT2D eigenvalue weighted by Gasteiger charge is -2.21. The molecule has 7 aromatic rings. The lowest BCUT2D eigenvalue weighted by molar-refractivity contribution is 1.34. The summed E-state index contributed by atoms with van der Waals surface area (Å²) in [5.74, 6) is 0. The fourth-order valence-corrected chi connectivity index (χ4v) is 7.66. The SMILES string of the molecule is C=C1/C=C\C=C/N(C=N/C=C\C(=N)c2ccc(-c3cccc(-c4ccccc4)c3)cc2)c2cc(-c3cccc4c3sc3ccccc34)ccc21. The first-order chi connectivity index (χ1) is 24.6. The minimum absolute atomic E-state index is 0.394. The first-order valence-electron chi connectivity index (χ1n) is 16.5. The molecular formula is C46H33N3S. The Bertz CT molecular complexity index is 2510. The van der Waals surface area contributed by atoms with E-state index in [1.807, 2.05) is 58.9 Å². The van der Waals surface area contributed by atoms with Crippen molar-refractivity contribution in [2.75, 3.05) is 4.90 Å². The van der Waals surface area contributed by atoms with E-state index in [0.717, 1.165) is 39.1 Å². The summed E-state index contributed by atoms with van der Waals surface area (Å²) in [6.07, 6.45) is 13.2. The third-order valence-corrected chi connectivity index (χ3v) is 10.2. The van der Waals surface area contributed by atoms with Crippen molar-refractivity contribution in [1.82, 2.24) is 0 Å². The van der Waals surface area contributed by atoms with Gasteiger partial charge in [-0.3, -0.25) is 0 Å². The third-order valence-electron chi connectivity index (χ3n) is 9.01. The van der Waals surface area contributed by atoms with Crippen molar-refractivity contribution in [3.8, 4) is 33.4 Å². The van der Waals surface area contributed by atoms with Gasteiger partial charge in [-0.1, -0.05) is 140 Å². The van der Waals surface area contributed by atoms with Gasteiger partial charge in [-0.25, -0.2) is 4.99 Å². The monoisotopic (exact) mass is 659 g/mol. The Morgan fingerprint density at radius 2 is 1.34 bits per heavy atom. The zero-order valence-electron chi connectivity index (χ0n) is 27.3. The van der Waals surface area contributed by atoms with Crippen molar-refractivity contribution in [1.29, 1.82) is 5.41 Å². The molecule has 0 aliphatic carbocycles. The number of thiophene rings is 1. The van der Waals surface area contributed by atoms with Crippen LogP contribution in [0.4, 0.5) is 5.69 Å². The Balaban J connectivity index is 1.03. The summed E-state index contributed by atoms with van der Waals surface area (Å²) >= 11 is 1.83. The summed E-state index contributed by atoms with van der Waals surface area (Å²) in [4.78, 5) is 6.64. The highest BCUT2D eigenvalue weighted by Crippen LogP contribution is 2.41. The Hall–Kier alpha value is -6.36. The molecule has 1 aliphatic heterocycles. The quantitative estimate of drug-likeness (QED) is 0.134. The first-order valence-corrected chi connectivity index (χ1v) is 17.4. The third kappa shape index (κ3) is 6.16. The van der Waals surface area contributed by atoms with Crippen molar-refractivity contribution in [3.05, 3.63) is 194 Å². The average molecular weight is 660 g/mol. The van der Waals surface area contributed by atoms with Crippen LogP contribution in [0.5, 0.6) is 0 Å². The number of hydrogen-bond acceptors (Lipinski definition) is 3. The fourth-order valence-electron chi connectivity index (χ4n) is 6.42. The van der Waals surface area contributed by atoms with Gasteiger partial charge in [0.2, 0.25) is 0 Å². The topological polar surface area (TPSA) is 39.5 Å². The largest absolute Gasteiger partial charge is 0.307 e. The van der Waals surface area contributed by atoms with Crippen LogP contribution in [-0.4, -0.2) is 12.1 Å². The Morgan fingerprint density at radius 3 is 2.18 bits per heavy atom. The molecule has 3 nitrogen and oxygen atoms in total. The van der Waals surface area contributed by atoms with Crippen LogP contribution in [0.15, 0.2) is 188 Å². The Kier molecular flexibility index (Phi) is 8.44. The number of nitrogens with zero attached hydrogens (tertiary/aromatic N) is 2. The molecule has 1 aromatic heterocycles. The lowest BCUT2D eigenvalue weighted by atomic mass is 9.96. The van der Waals surface area contributed by atoms with Crippen LogP contribution in [0.2, 0.25) is 0 Å². The number of benzene rings is 6.